The van der Waals surface area contributed by atoms with E-state index in [1.165, 1.54) is 16.3 Å². The van der Waals surface area contributed by atoms with Crippen LogP contribution in [0.2, 0.25) is 0 Å². The monoisotopic (exact) mass is 481 g/mol. The zero-order chi connectivity index (χ0) is 21.5. The van der Waals surface area contributed by atoms with Gasteiger partial charge in [0.05, 0.1) is 12.0 Å². The molecule has 5 rings (SSSR count). The quantitative estimate of drug-likeness (QED) is 0.418. The summed E-state index contributed by atoms with van der Waals surface area (Å²) in [5.74, 6) is 2.45. The van der Waals surface area contributed by atoms with Gasteiger partial charge in [-0.25, -0.2) is 4.99 Å². The van der Waals surface area contributed by atoms with Crippen molar-refractivity contribution in [2.45, 2.75) is 19.9 Å². The van der Waals surface area contributed by atoms with E-state index in [4.69, 9.17) is 9.73 Å². The van der Waals surface area contributed by atoms with Crippen LogP contribution in [0.1, 0.15) is 13.8 Å². The Morgan fingerprint density at radius 1 is 0.781 bits per heavy atom. The van der Waals surface area contributed by atoms with Crippen molar-refractivity contribution in [1.29, 1.82) is 0 Å². The van der Waals surface area contributed by atoms with E-state index in [9.17, 15) is 0 Å². The molecule has 1 unspecified atom stereocenters. The molecular weight excluding hydrogens is 453 g/mol. The van der Waals surface area contributed by atoms with Crippen molar-refractivity contribution < 1.29 is 21.8 Å². The summed E-state index contributed by atoms with van der Waals surface area (Å²) in [6, 6.07) is 21.8. The summed E-state index contributed by atoms with van der Waals surface area (Å²) in [7, 11) is -0.636. The number of aliphatic imine (C=N–C) groups is 1. The molecule has 10 radical (unpaired) electrons. The van der Waals surface area contributed by atoms with Gasteiger partial charge in [0.2, 0.25) is 0 Å². The smallest absolute Gasteiger partial charge is 0.192 e. The fourth-order valence-electron chi connectivity index (χ4n) is 3.57. The Labute approximate surface area is 206 Å². The fraction of sp³-hybridized carbons (Fsp3) is 0.179. The average molecular weight is 481 g/mol. The molecule has 2 fully saturated rings. The minimum atomic E-state index is -0.636. The molecular formula is C28H28FeNOP. The Bertz CT molecular complexity index is 775. The van der Waals surface area contributed by atoms with E-state index >= 15 is 0 Å². The molecule has 0 amide bonds. The van der Waals surface area contributed by atoms with Crippen molar-refractivity contribution in [2.75, 3.05) is 6.61 Å². The van der Waals surface area contributed by atoms with Gasteiger partial charge in [0, 0.05) is 22.7 Å². The van der Waals surface area contributed by atoms with Gasteiger partial charge in [0.15, 0.2) is 5.90 Å². The van der Waals surface area contributed by atoms with Gasteiger partial charge in [-0.05, 0) is 75.8 Å². The normalized spacial score (nSPS) is 21.1. The van der Waals surface area contributed by atoms with Crippen molar-refractivity contribution in [3.8, 4) is 0 Å². The average Bonchev–Trinajstić information content (AvgIpc) is 3.58. The van der Waals surface area contributed by atoms with Crippen molar-refractivity contribution >= 4 is 24.4 Å². The zero-order valence-electron chi connectivity index (χ0n) is 18.4. The molecule has 2 aromatic rings. The number of benzene rings is 2. The molecule has 0 saturated heterocycles. The molecule has 1 heterocycles. The molecule has 2 aromatic carbocycles. The topological polar surface area (TPSA) is 21.6 Å². The number of hydrogen-bond acceptors (Lipinski definition) is 2. The maximum atomic E-state index is 5.99. The van der Waals surface area contributed by atoms with Crippen LogP contribution in [0, 0.1) is 68.9 Å². The molecule has 1 atom stereocenters. The van der Waals surface area contributed by atoms with Gasteiger partial charge in [0.1, 0.15) is 6.61 Å². The van der Waals surface area contributed by atoms with Crippen molar-refractivity contribution in [2.24, 2.45) is 10.9 Å². The Kier molecular flexibility index (Phi) is 10.3. The molecule has 2 nitrogen and oxygen atoms in total. The van der Waals surface area contributed by atoms with Crippen molar-refractivity contribution in [3.05, 3.63) is 124 Å². The third-order valence-electron chi connectivity index (χ3n) is 5.29. The summed E-state index contributed by atoms with van der Waals surface area (Å²) in [4.78, 5) is 4.87. The summed E-state index contributed by atoms with van der Waals surface area (Å²) >= 11 is 0. The molecule has 3 aliphatic rings. The number of rotatable bonds is 5. The van der Waals surface area contributed by atoms with Crippen LogP contribution in [-0.2, 0) is 21.8 Å². The second-order valence-electron chi connectivity index (χ2n) is 7.85. The zero-order valence-corrected chi connectivity index (χ0v) is 20.4. The van der Waals surface area contributed by atoms with Gasteiger partial charge < -0.3 is 4.74 Å². The first-order chi connectivity index (χ1) is 15.2. The summed E-state index contributed by atoms with van der Waals surface area (Å²) in [6.45, 7) is 5.09. The van der Waals surface area contributed by atoms with Crippen LogP contribution >= 0.6 is 7.92 Å². The summed E-state index contributed by atoms with van der Waals surface area (Å²) < 4.78 is 5.99. The molecule has 2 aliphatic carbocycles. The predicted molar refractivity (Wildman–Crippen MR) is 132 cm³/mol. The van der Waals surface area contributed by atoms with Crippen LogP contribution in [0.3, 0.4) is 0 Å². The maximum absolute atomic E-state index is 5.99. The largest absolute Gasteiger partial charge is 0.478 e. The number of ether oxygens (including phenoxy) is 1. The third-order valence-corrected chi connectivity index (χ3v) is 7.79. The molecule has 1 aliphatic heterocycles. The van der Waals surface area contributed by atoms with Crippen molar-refractivity contribution in [3.63, 3.8) is 0 Å². The van der Waals surface area contributed by atoms with E-state index in [0.717, 1.165) is 11.8 Å². The predicted octanol–water partition coefficient (Wildman–Crippen LogP) is 5.32. The van der Waals surface area contributed by atoms with Gasteiger partial charge in [-0.1, -0.05) is 74.5 Å². The van der Waals surface area contributed by atoms with Crippen molar-refractivity contribution in [1.82, 2.24) is 0 Å². The Morgan fingerprint density at radius 2 is 1.31 bits per heavy atom. The van der Waals surface area contributed by atoms with Gasteiger partial charge in [0.25, 0.3) is 0 Å². The Balaban J connectivity index is 0.000000427. The maximum Gasteiger partial charge on any atom is 0.192 e. The number of nitrogens with zero attached hydrogens (tertiary/aromatic N) is 1. The van der Waals surface area contributed by atoms with Crippen LogP contribution in [0.25, 0.3) is 0 Å². The van der Waals surface area contributed by atoms with Gasteiger partial charge in [-0.2, -0.15) is 0 Å². The molecule has 0 spiro atoms. The molecule has 0 aromatic heterocycles. The standard InChI is InChI=1S/C23H23NOP.C5H5.Fe/c1-17(2)21-16-25-23(24-21)20-14-9-15-22(20)26(18-10-5-3-6-11-18)19-12-7-4-8-13-19;1-2-4-5-3-1;/h3-15,17,21H,16H2,1-2H3;1-5H;. The first-order valence-electron chi connectivity index (χ1n) is 10.8. The van der Waals surface area contributed by atoms with Gasteiger partial charge >= 0.3 is 0 Å². The summed E-state index contributed by atoms with van der Waals surface area (Å²) in [5.41, 5.74) is 1.32. The summed E-state index contributed by atoms with van der Waals surface area (Å²) in [6.07, 6.45) is 16.5. The molecule has 2 saturated carbocycles. The first kappa shape index (κ1) is 25.5. The minimum Gasteiger partial charge on any atom is -0.478 e. The third kappa shape index (κ3) is 6.47. The molecule has 32 heavy (non-hydrogen) atoms. The van der Waals surface area contributed by atoms with E-state index < -0.39 is 7.92 Å². The van der Waals surface area contributed by atoms with E-state index in [0.29, 0.717) is 12.5 Å². The van der Waals surface area contributed by atoms with Crippen LogP contribution in [0.15, 0.2) is 65.7 Å². The fourth-order valence-corrected chi connectivity index (χ4v) is 6.01. The Morgan fingerprint density at radius 3 is 1.78 bits per heavy atom. The Hall–Kier alpha value is -1.14. The van der Waals surface area contributed by atoms with E-state index in [1.54, 1.807) is 0 Å². The molecule has 0 N–H and O–H groups in total. The first-order valence-corrected chi connectivity index (χ1v) is 12.1. The van der Waals surface area contributed by atoms with Crippen LogP contribution in [-0.4, -0.2) is 18.5 Å². The number of hydrogen-bond donors (Lipinski definition) is 0. The van der Waals surface area contributed by atoms with E-state index in [-0.39, 0.29) is 23.1 Å². The molecule has 164 valence electrons. The second-order valence-corrected chi connectivity index (χ2v) is 10.0. The van der Waals surface area contributed by atoms with Crippen LogP contribution < -0.4 is 10.6 Å². The van der Waals surface area contributed by atoms with Crippen LogP contribution in [0.4, 0.5) is 0 Å². The summed E-state index contributed by atoms with van der Waals surface area (Å²) in [5, 5.41) is 2.69. The minimum absolute atomic E-state index is 0. The van der Waals surface area contributed by atoms with E-state index in [2.05, 4.69) is 93.8 Å². The van der Waals surface area contributed by atoms with E-state index in [1.807, 2.05) is 32.1 Å². The van der Waals surface area contributed by atoms with Gasteiger partial charge in [-0.3, -0.25) is 0 Å². The molecule has 4 heteroatoms. The SMILES string of the molecule is CC(C)C1COC([C]2[CH][CH][CH][C]2P(c2ccccc2)c2ccccc2)=N1.[CH]1[CH][CH][CH][CH]1.[Fe]. The second kappa shape index (κ2) is 12.9. The molecule has 0 bridgehead atoms. The van der Waals surface area contributed by atoms with Crippen LogP contribution in [0.5, 0.6) is 0 Å². The van der Waals surface area contributed by atoms with Gasteiger partial charge in [-0.15, -0.1) is 0 Å².